The molecule has 150 valence electrons. The summed E-state index contributed by atoms with van der Waals surface area (Å²) in [4.78, 5) is 23.8. The lowest BCUT2D eigenvalue weighted by Gasteiger charge is -2.09. The van der Waals surface area contributed by atoms with E-state index in [-0.39, 0.29) is 17.6 Å². The molecule has 29 heavy (non-hydrogen) atoms. The second kappa shape index (κ2) is 9.58. The van der Waals surface area contributed by atoms with Crippen molar-refractivity contribution < 1.29 is 18.7 Å². The second-order valence-electron chi connectivity index (χ2n) is 6.20. The SMILES string of the molecule is Cc1ccc(NC(=O)COC(=O)CSc2nnc(-c3ccc(Cl)cc3)o2)c(C)c1. The molecule has 0 saturated heterocycles. The number of ether oxygens (including phenoxy) is 1. The molecule has 0 bridgehead atoms. The first-order valence-corrected chi connectivity index (χ1v) is 10.0. The maximum Gasteiger partial charge on any atom is 0.316 e. The highest BCUT2D eigenvalue weighted by molar-refractivity contribution is 7.99. The lowest BCUT2D eigenvalue weighted by molar-refractivity contribution is -0.144. The lowest BCUT2D eigenvalue weighted by atomic mass is 10.1. The predicted octanol–water partition coefficient (Wildman–Crippen LogP) is 4.28. The number of aromatic nitrogens is 2. The van der Waals surface area contributed by atoms with Crippen molar-refractivity contribution in [2.45, 2.75) is 19.1 Å². The molecule has 0 saturated carbocycles. The highest BCUT2D eigenvalue weighted by atomic mass is 35.5. The van der Waals surface area contributed by atoms with Gasteiger partial charge in [0.15, 0.2) is 6.61 Å². The number of nitrogens with zero attached hydrogens (tertiary/aromatic N) is 2. The number of benzene rings is 2. The molecule has 7 nitrogen and oxygen atoms in total. The Kier molecular flexibility index (Phi) is 6.90. The van der Waals surface area contributed by atoms with Crippen LogP contribution < -0.4 is 5.32 Å². The zero-order chi connectivity index (χ0) is 20.8. The van der Waals surface area contributed by atoms with E-state index in [1.54, 1.807) is 24.3 Å². The Balaban J connectivity index is 1.44. The van der Waals surface area contributed by atoms with E-state index in [0.29, 0.717) is 16.6 Å². The van der Waals surface area contributed by atoms with E-state index >= 15 is 0 Å². The largest absolute Gasteiger partial charge is 0.455 e. The van der Waals surface area contributed by atoms with Crippen LogP contribution in [0, 0.1) is 13.8 Å². The topological polar surface area (TPSA) is 94.3 Å². The van der Waals surface area contributed by atoms with Crippen molar-refractivity contribution in [3.8, 4) is 11.5 Å². The minimum absolute atomic E-state index is 0.0565. The molecule has 0 unspecified atom stereocenters. The number of hydrogen-bond donors (Lipinski definition) is 1. The van der Waals surface area contributed by atoms with Crippen molar-refractivity contribution in [3.63, 3.8) is 0 Å². The number of halogens is 1. The number of amides is 1. The molecule has 3 rings (SSSR count). The monoisotopic (exact) mass is 431 g/mol. The summed E-state index contributed by atoms with van der Waals surface area (Å²) in [5, 5.41) is 11.4. The molecule has 1 amide bonds. The van der Waals surface area contributed by atoms with Crippen LogP contribution in [0.1, 0.15) is 11.1 Å². The van der Waals surface area contributed by atoms with Gasteiger partial charge in [0.2, 0.25) is 5.89 Å². The Labute approximate surface area is 176 Å². The first kappa shape index (κ1) is 20.9. The van der Waals surface area contributed by atoms with Gasteiger partial charge in [-0.25, -0.2) is 0 Å². The van der Waals surface area contributed by atoms with Crippen molar-refractivity contribution in [1.82, 2.24) is 10.2 Å². The molecule has 1 aromatic heterocycles. The smallest absolute Gasteiger partial charge is 0.316 e. The number of carbonyl (C=O) groups excluding carboxylic acids is 2. The average molecular weight is 432 g/mol. The van der Waals surface area contributed by atoms with Crippen LogP contribution in [0.25, 0.3) is 11.5 Å². The van der Waals surface area contributed by atoms with Gasteiger partial charge in [-0.15, -0.1) is 10.2 Å². The number of nitrogens with one attached hydrogen (secondary N) is 1. The van der Waals surface area contributed by atoms with Gasteiger partial charge in [-0.05, 0) is 49.7 Å². The van der Waals surface area contributed by atoms with E-state index in [4.69, 9.17) is 20.8 Å². The summed E-state index contributed by atoms with van der Waals surface area (Å²) in [6.07, 6.45) is 0. The minimum Gasteiger partial charge on any atom is -0.455 e. The fraction of sp³-hybridized carbons (Fsp3) is 0.200. The Morgan fingerprint density at radius 3 is 2.62 bits per heavy atom. The highest BCUT2D eigenvalue weighted by Gasteiger charge is 2.13. The summed E-state index contributed by atoms with van der Waals surface area (Å²) in [5.74, 6) is -0.695. The zero-order valence-electron chi connectivity index (χ0n) is 15.8. The summed E-state index contributed by atoms with van der Waals surface area (Å²) in [7, 11) is 0. The number of aryl methyl sites for hydroxylation is 2. The molecule has 0 atom stereocenters. The van der Waals surface area contributed by atoms with Gasteiger partial charge in [0.05, 0.1) is 0 Å². The summed E-state index contributed by atoms with van der Waals surface area (Å²) in [5.41, 5.74) is 3.45. The highest BCUT2D eigenvalue weighted by Crippen LogP contribution is 2.24. The normalized spacial score (nSPS) is 10.6. The van der Waals surface area contributed by atoms with Crippen molar-refractivity contribution in [2.24, 2.45) is 0 Å². The number of carbonyl (C=O) groups is 2. The first-order chi connectivity index (χ1) is 13.9. The molecule has 9 heteroatoms. The van der Waals surface area contributed by atoms with Crippen LogP contribution in [0.2, 0.25) is 5.02 Å². The predicted molar refractivity (Wildman–Crippen MR) is 111 cm³/mol. The van der Waals surface area contributed by atoms with Crippen LogP contribution >= 0.6 is 23.4 Å². The fourth-order valence-corrected chi connectivity index (χ4v) is 3.11. The molecule has 0 spiro atoms. The van der Waals surface area contributed by atoms with E-state index in [0.717, 1.165) is 28.5 Å². The van der Waals surface area contributed by atoms with E-state index in [1.807, 2.05) is 32.0 Å². The standard InChI is InChI=1S/C20H18ClN3O4S/c1-12-3-8-16(13(2)9-12)22-17(25)10-27-18(26)11-29-20-24-23-19(28-20)14-4-6-15(21)7-5-14/h3-9H,10-11H2,1-2H3,(H,22,25). The van der Waals surface area contributed by atoms with Crippen LogP contribution in [0.3, 0.4) is 0 Å². The molecule has 1 N–H and O–H groups in total. The molecule has 3 aromatic rings. The number of hydrogen-bond acceptors (Lipinski definition) is 7. The van der Waals surface area contributed by atoms with E-state index in [1.165, 1.54) is 0 Å². The zero-order valence-corrected chi connectivity index (χ0v) is 17.3. The fourth-order valence-electron chi connectivity index (χ4n) is 2.43. The average Bonchev–Trinajstić information content (AvgIpc) is 3.16. The third kappa shape index (κ3) is 6.07. The molecule has 0 aliphatic heterocycles. The van der Waals surface area contributed by atoms with Gasteiger partial charge >= 0.3 is 5.97 Å². The van der Waals surface area contributed by atoms with E-state index in [9.17, 15) is 9.59 Å². The molecule has 0 aliphatic rings. The molecular formula is C20H18ClN3O4S. The molecule has 2 aromatic carbocycles. The summed E-state index contributed by atoms with van der Waals surface area (Å²) >= 11 is 6.88. The van der Waals surface area contributed by atoms with E-state index < -0.39 is 11.9 Å². The van der Waals surface area contributed by atoms with Gasteiger partial charge in [0.1, 0.15) is 5.75 Å². The lowest BCUT2D eigenvalue weighted by Crippen LogP contribution is -2.22. The van der Waals surface area contributed by atoms with Crippen molar-refractivity contribution in [3.05, 3.63) is 58.6 Å². The molecule has 0 aliphatic carbocycles. The van der Waals surface area contributed by atoms with Gasteiger partial charge in [-0.2, -0.15) is 0 Å². The third-order valence-corrected chi connectivity index (χ3v) is 4.88. The van der Waals surface area contributed by atoms with Crippen LogP contribution in [-0.2, 0) is 14.3 Å². The maximum atomic E-state index is 12.0. The summed E-state index contributed by atoms with van der Waals surface area (Å²) in [6.45, 7) is 3.50. The Bertz CT molecular complexity index is 1020. The van der Waals surface area contributed by atoms with Crippen LogP contribution in [0.15, 0.2) is 52.1 Å². The van der Waals surface area contributed by atoms with Crippen LogP contribution in [0.5, 0.6) is 0 Å². The molecule has 1 heterocycles. The number of esters is 1. The summed E-state index contributed by atoms with van der Waals surface area (Å²) in [6, 6.07) is 12.6. The molecule has 0 radical (unpaired) electrons. The van der Waals surface area contributed by atoms with Crippen molar-refractivity contribution in [2.75, 3.05) is 17.7 Å². The molecular weight excluding hydrogens is 414 g/mol. The van der Waals surface area contributed by atoms with E-state index in [2.05, 4.69) is 15.5 Å². The summed E-state index contributed by atoms with van der Waals surface area (Å²) < 4.78 is 10.5. The number of anilines is 1. The van der Waals surface area contributed by atoms with Crippen LogP contribution in [0.4, 0.5) is 5.69 Å². The maximum absolute atomic E-state index is 12.0. The van der Waals surface area contributed by atoms with Gasteiger partial charge in [0, 0.05) is 16.3 Å². The quantitative estimate of drug-likeness (QED) is 0.440. The van der Waals surface area contributed by atoms with Gasteiger partial charge in [-0.1, -0.05) is 41.1 Å². The van der Waals surface area contributed by atoms with Gasteiger partial charge < -0.3 is 14.5 Å². The number of rotatable bonds is 7. The van der Waals surface area contributed by atoms with Crippen LogP contribution in [-0.4, -0.2) is 34.4 Å². The van der Waals surface area contributed by atoms with Gasteiger partial charge in [-0.3, -0.25) is 9.59 Å². The van der Waals surface area contributed by atoms with Crippen molar-refractivity contribution in [1.29, 1.82) is 0 Å². The van der Waals surface area contributed by atoms with Crippen molar-refractivity contribution >= 4 is 40.9 Å². The second-order valence-corrected chi connectivity index (χ2v) is 7.56. The Morgan fingerprint density at radius 2 is 1.90 bits per heavy atom. The molecule has 0 fully saturated rings. The Hall–Kier alpha value is -2.84. The Morgan fingerprint density at radius 1 is 1.14 bits per heavy atom. The minimum atomic E-state index is -0.558. The first-order valence-electron chi connectivity index (χ1n) is 8.65. The third-order valence-electron chi connectivity index (χ3n) is 3.83. The number of thioether (sulfide) groups is 1. The van der Waals surface area contributed by atoms with Gasteiger partial charge in [0.25, 0.3) is 11.1 Å².